The van der Waals surface area contributed by atoms with Crippen LogP contribution in [0.25, 0.3) is 0 Å². The van der Waals surface area contributed by atoms with Crippen LogP contribution in [0, 0.1) is 5.92 Å². The van der Waals surface area contributed by atoms with Crippen LogP contribution in [0.3, 0.4) is 0 Å². The number of aliphatic carboxylic acids is 1. The molecule has 1 amide bonds. The Bertz CT molecular complexity index is 637. The van der Waals surface area contributed by atoms with Crippen LogP contribution in [0.4, 0.5) is 4.79 Å². The maximum absolute atomic E-state index is 12.3. The van der Waals surface area contributed by atoms with E-state index < -0.39 is 23.6 Å². The summed E-state index contributed by atoms with van der Waals surface area (Å²) in [4.78, 5) is 25.5. The summed E-state index contributed by atoms with van der Waals surface area (Å²) in [6, 6.07) is 8.06. The molecule has 0 radical (unpaired) electrons. The van der Waals surface area contributed by atoms with Crippen LogP contribution in [0.2, 0.25) is 0 Å². The van der Waals surface area contributed by atoms with Crippen molar-refractivity contribution in [3.05, 3.63) is 35.4 Å². The second-order valence-corrected chi connectivity index (χ2v) is 8.81. The summed E-state index contributed by atoms with van der Waals surface area (Å²) in [7, 11) is 0. The highest BCUT2D eigenvalue weighted by molar-refractivity contribution is 5.76. The van der Waals surface area contributed by atoms with Gasteiger partial charge < -0.3 is 14.7 Å². The number of carbonyl (C=O) groups excluding carboxylic acids is 1. The van der Waals surface area contributed by atoms with Crippen LogP contribution >= 0.6 is 0 Å². The molecule has 1 aliphatic heterocycles. The molecule has 1 N–H and O–H groups in total. The molecule has 0 aromatic heterocycles. The molecule has 138 valence electrons. The minimum Gasteiger partial charge on any atom is -0.481 e. The highest BCUT2D eigenvalue weighted by atomic mass is 16.6. The Labute approximate surface area is 150 Å². The predicted octanol–water partition coefficient (Wildman–Crippen LogP) is 4.02. The lowest BCUT2D eigenvalue weighted by Crippen LogP contribution is -2.35. The van der Waals surface area contributed by atoms with Gasteiger partial charge in [0.05, 0.1) is 5.92 Å². The van der Waals surface area contributed by atoms with Crippen LogP contribution in [-0.4, -0.2) is 40.8 Å². The minimum absolute atomic E-state index is 0.0446. The smallest absolute Gasteiger partial charge is 0.410 e. The molecule has 0 aliphatic carbocycles. The van der Waals surface area contributed by atoms with Gasteiger partial charge >= 0.3 is 12.1 Å². The molecule has 25 heavy (non-hydrogen) atoms. The van der Waals surface area contributed by atoms with Crippen molar-refractivity contribution in [3.8, 4) is 0 Å². The minimum atomic E-state index is -0.879. The van der Waals surface area contributed by atoms with E-state index in [1.807, 2.05) is 24.3 Å². The number of benzene rings is 1. The number of nitrogens with zero attached hydrogens (tertiary/aromatic N) is 1. The maximum Gasteiger partial charge on any atom is 0.410 e. The number of hydrogen-bond donors (Lipinski definition) is 1. The van der Waals surface area contributed by atoms with Gasteiger partial charge in [0.2, 0.25) is 0 Å². The van der Waals surface area contributed by atoms with Gasteiger partial charge in [-0.15, -0.1) is 0 Å². The van der Waals surface area contributed by atoms with Crippen molar-refractivity contribution in [2.45, 2.75) is 58.5 Å². The van der Waals surface area contributed by atoms with Gasteiger partial charge in [-0.1, -0.05) is 45.0 Å². The molecule has 0 spiro atoms. The Morgan fingerprint density at radius 2 is 1.60 bits per heavy atom. The van der Waals surface area contributed by atoms with E-state index in [1.165, 1.54) is 10.5 Å². The van der Waals surface area contributed by atoms with Crippen LogP contribution in [0.5, 0.6) is 0 Å². The van der Waals surface area contributed by atoms with E-state index in [-0.39, 0.29) is 17.9 Å². The van der Waals surface area contributed by atoms with Gasteiger partial charge in [-0.25, -0.2) is 4.79 Å². The quantitative estimate of drug-likeness (QED) is 0.877. The fraction of sp³-hybridized carbons (Fsp3) is 0.600. The Kier molecular flexibility index (Phi) is 5.17. The zero-order valence-corrected chi connectivity index (χ0v) is 16.0. The predicted molar refractivity (Wildman–Crippen MR) is 96.8 cm³/mol. The molecule has 1 saturated heterocycles. The number of rotatable bonds is 2. The normalized spacial score (nSPS) is 21.3. The summed E-state index contributed by atoms with van der Waals surface area (Å²) in [6.45, 7) is 12.4. The van der Waals surface area contributed by atoms with Crippen molar-refractivity contribution in [1.82, 2.24) is 4.90 Å². The zero-order valence-electron chi connectivity index (χ0n) is 16.0. The first-order valence-electron chi connectivity index (χ1n) is 8.69. The van der Waals surface area contributed by atoms with E-state index in [4.69, 9.17) is 4.74 Å². The molecule has 1 aliphatic rings. The Hall–Kier alpha value is -2.04. The average molecular weight is 347 g/mol. The lowest BCUT2D eigenvalue weighted by molar-refractivity contribution is -0.141. The number of hydrogen-bond acceptors (Lipinski definition) is 3. The third-order valence-electron chi connectivity index (χ3n) is 4.49. The van der Waals surface area contributed by atoms with E-state index >= 15 is 0 Å². The molecular weight excluding hydrogens is 318 g/mol. The van der Waals surface area contributed by atoms with Crippen molar-refractivity contribution in [2.24, 2.45) is 5.92 Å². The molecule has 1 fully saturated rings. The van der Waals surface area contributed by atoms with Crippen LogP contribution in [0.1, 0.15) is 58.6 Å². The monoisotopic (exact) mass is 347 g/mol. The first-order chi connectivity index (χ1) is 11.4. The molecule has 1 aromatic rings. The number of amides is 1. The third kappa shape index (κ3) is 4.74. The second-order valence-electron chi connectivity index (χ2n) is 8.81. The number of carbonyl (C=O) groups is 2. The van der Waals surface area contributed by atoms with Crippen molar-refractivity contribution in [2.75, 3.05) is 13.1 Å². The first kappa shape index (κ1) is 19.3. The molecule has 0 unspecified atom stereocenters. The van der Waals surface area contributed by atoms with E-state index in [0.29, 0.717) is 6.54 Å². The van der Waals surface area contributed by atoms with Crippen molar-refractivity contribution >= 4 is 12.1 Å². The fourth-order valence-corrected chi connectivity index (χ4v) is 3.10. The summed E-state index contributed by atoms with van der Waals surface area (Å²) in [5.41, 5.74) is 1.60. The Morgan fingerprint density at radius 3 is 2.04 bits per heavy atom. The van der Waals surface area contributed by atoms with E-state index in [9.17, 15) is 14.7 Å². The summed E-state index contributed by atoms with van der Waals surface area (Å²) < 4.78 is 5.39. The second kappa shape index (κ2) is 6.70. The lowest BCUT2D eigenvalue weighted by Gasteiger charge is -2.24. The zero-order chi connectivity index (χ0) is 19.0. The van der Waals surface area contributed by atoms with Crippen molar-refractivity contribution in [3.63, 3.8) is 0 Å². The Morgan fingerprint density at radius 1 is 1.04 bits per heavy atom. The highest BCUT2D eigenvalue weighted by Gasteiger charge is 2.41. The number of likely N-dealkylation sites (tertiary alicyclic amines) is 1. The largest absolute Gasteiger partial charge is 0.481 e. The summed E-state index contributed by atoms with van der Waals surface area (Å²) in [5.74, 6) is -1.72. The third-order valence-corrected chi connectivity index (χ3v) is 4.49. The van der Waals surface area contributed by atoms with E-state index in [2.05, 4.69) is 20.8 Å². The van der Waals surface area contributed by atoms with Gasteiger partial charge in [-0.3, -0.25) is 4.79 Å². The SMILES string of the molecule is CC(C)(C)OC(=O)N1C[C@@H](C(=O)O)[C@H](c2ccc(C(C)(C)C)cc2)C1. The summed E-state index contributed by atoms with van der Waals surface area (Å²) >= 11 is 0. The fourth-order valence-electron chi connectivity index (χ4n) is 3.10. The van der Waals surface area contributed by atoms with Crippen LogP contribution in [0.15, 0.2) is 24.3 Å². The average Bonchev–Trinajstić information content (AvgIpc) is 2.90. The van der Waals surface area contributed by atoms with Gasteiger partial charge in [0.15, 0.2) is 0 Å². The van der Waals surface area contributed by atoms with Gasteiger partial charge in [0.1, 0.15) is 5.60 Å². The lowest BCUT2D eigenvalue weighted by atomic mass is 9.83. The topological polar surface area (TPSA) is 66.8 Å². The van der Waals surface area contributed by atoms with E-state index in [1.54, 1.807) is 20.8 Å². The van der Waals surface area contributed by atoms with E-state index in [0.717, 1.165) is 5.56 Å². The first-order valence-corrected chi connectivity index (χ1v) is 8.69. The molecule has 0 bridgehead atoms. The Balaban J connectivity index is 2.21. The van der Waals surface area contributed by atoms with Crippen LogP contribution in [-0.2, 0) is 14.9 Å². The number of carboxylic acids is 1. The standard InChI is InChI=1S/C20H29NO4/c1-19(2,3)14-9-7-13(8-10-14)15-11-21(12-16(15)17(22)23)18(24)25-20(4,5)6/h7-10,15-16H,11-12H2,1-6H3,(H,22,23)/t15-,16+/m0/s1. The molecule has 5 nitrogen and oxygen atoms in total. The molecular formula is C20H29NO4. The summed E-state index contributed by atoms with van der Waals surface area (Å²) in [5, 5.41) is 9.58. The summed E-state index contributed by atoms with van der Waals surface area (Å²) in [6.07, 6.45) is -0.451. The molecule has 1 aromatic carbocycles. The number of ether oxygens (including phenoxy) is 1. The van der Waals surface area contributed by atoms with Gasteiger partial charge in [0.25, 0.3) is 0 Å². The van der Waals surface area contributed by atoms with Crippen molar-refractivity contribution < 1.29 is 19.4 Å². The van der Waals surface area contributed by atoms with Gasteiger partial charge in [-0.05, 0) is 37.3 Å². The van der Waals surface area contributed by atoms with Crippen molar-refractivity contribution in [1.29, 1.82) is 0 Å². The molecule has 2 rings (SSSR count). The van der Waals surface area contributed by atoms with Gasteiger partial charge in [-0.2, -0.15) is 0 Å². The van der Waals surface area contributed by atoms with Crippen LogP contribution < -0.4 is 0 Å². The molecule has 0 saturated carbocycles. The number of carboxylic acid groups (broad SMARTS) is 1. The highest BCUT2D eigenvalue weighted by Crippen LogP contribution is 2.35. The molecule has 1 heterocycles. The molecule has 2 atom stereocenters. The molecule has 5 heteroatoms. The van der Waals surface area contributed by atoms with Gasteiger partial charge in [0, 0.05) is 19.0 Å². The maximum atomic E-state index is 12.3.